The summed E-state index contributed by atoms with van der Waals surface area (Å²) >= 11 is 0. The molecule has 3 aromatic rings. The number of ether oxygens (including phenoxy) is 2. The van der Waals surface area contributed by atoms with Gasteiger partial charge in [-0.15, -0.1) is 0 Å². The van der Waals surface area contributed by atoms with Gasteiger partial charge in [-0.05, 0) is 81.0 Å². The van der Waals surface area contributed by atoms with Crippen LogP contribution in [-0.2, 0) is 25.5 Å². The number of methoxy groups -OCH3 is 2. The summed E-state index contributed by atoms with van der Waals surface area (Å²) in [6.45, 7) is 11.3. The summed E-state index contributed by atoms with van der Waals surface area (Å²) in [6.07, 6.45) is 6.88. The second-order valence-corrected chi connectivity index (χ2v) is 12.8. The van der Waals surface area contributed by atoms with E-state index >= 15 is 0 Å². The smallest absolute Gasteiger partial charge is 0.338 e. The predicted octanol–water partition coefficient (Wildman–Crippen LogP) is 3.76. The van der Waals surface area contributed by atoms with Gasteiger partial charge in [0, 0.05) is 62.9 Å². The summed E-state index contributed by atoms with van der Waals surface area (Å²) < 4.78 is 10.2. The van der Waals surface area contributed by atoms with Gasteiger partial charge in [0.05, 0.1) is 31.2 Å². The van der Waals surface area contributed by atoms with E-state index in [0.717, 1.165) is 27.5 Å². The second kappa shape index (κ2) is 11.3. The molecule has 3 aliphatic rings. The number of carbonyl (C=O) groups is 4. The largest absolute Gasteiger partial charge is 0.478 e. The Balaban J connectivity index is 1.75. The van der Waals surface area contributed by atoms with Gasteiger partial charge < -0.3 is 34.8 Å². The molecule has 1 fully saturated rings. The minimum atomic E-state index is -1.66. The number of carboxylic acid groups (broad SMARTS) is 1. The number of H-pyrrole nitrogens is 3. The summed E-state index contributed by atoms with van der Waals surface area (Å²) in [7, 11) is 2.61. The van der Waals surface area contributed by atoms with Gasteiger partial charge in [-0.1, -0.05) is 13.8 Å². The van der Waals surface area contributed by atoms with Crippen LogP contribution in [0.2, 0.25) is 0 Å². The molecule has 6 rings (SSSR count). The van der Waals surface area contributed by atoms with Crippen molar-refractivity contribution in [1.82, 2.24) is 20.3 Å². The molecule has 246 valence electrons. The number of allylic oxidation sites excluding steroid dienone is 2. The molecule has 2 aliphatic heterocycles. The van der Waals surface area contributed by atoms with Crippen molar-refractivity contribution < 1.29 is 33.8 Å². The minimum Gasteiger partial charge on any atom is -0.478 e. The number of aromatic carboxylic acids is 1. The van der Waals surface area contributed by atoms with Crippen LogP contribution in [0.3, 0.4) is 0 Å². The highest BCUT2D eigenvalue weighted by Gasteiger charge is 2.57. The number of ketones is 1. The molecule has 5 heterocycles. The molecule has 0 amide bonds. The molecule has 11 heteroatoms. The van der Waals surface area contributed by atoms with Gasteiger partial charge in [0.1, 0.15) is 0 Å². The molecule has 1 saturated heterocycles. The Morgan fingerprint density at radius 2 is 1.60 bits per heavy atom. The summed E-state index contributed by atoms with van der Waals surface area (Å²) in [6, 6.07) is 0. The van der Waals surface area contributed by atoms with Crippen LogP contribution in [-0.4, -0.2) is 58.0 Å². The van der Waals surface area contributed by atoms with Gasteiger partial charge in [0.15, 0.2) is 11.2 Å². The van der Waals surface area contributed by atoms with Crippen LogP contribution in [0.1, 0.15) is 99.4 Å². The number of rotatable bonds is 6. The third-order valence-electron chi connectivity index (χ3n) is 10.4. The summed E-state index contributed by atoms with van der Waals surface area (Å²) in [5.41, 5.74) is 6.42. The highest BCUT2D eigenvalue weighted by molar-refractivity contribution is 6.28. The Hall–Kier alpha value is -5.06. The third-order valence-corrected chi connectivity index (χ3v) is 10.4. The number of aromatic amines is 3. The van der Waals surface area contributed by atoms with Crippen molar-refractivity contribution in [2.24, 2.45) is 17.3 Å². The predicted molar refractivity (Wildman–Crippen MR) is 176 cm³/mol. The molecule has 0 spiro atoms. The van der Waals surface area contributed by atoms with Crippen LogP contribution >= 0.6 is 0 Å². The fourth-order valence-electron chi connectivity index (χ4n) is 7.67. The fourth-order valence-corrected chi connectivity index (χ4v) is 7.67. The van der Waals surface area contributed by atoms with Crippen molar-refractivity contribution in [3.8, 4) is 0 Å². The molecule has 47 heavy (non-hydrogen) atoms. The summed E-state index contributed by atoms with van der Waals surface area (Å²) in [5, 5.41) is 15.4. The van der Waals surface area contributed by atoms with Crippen LogP contribution in [0.15, 0.2) is 11.4 Å². The van der Waals surface area contributed by atoms with Crippen LogP contribution in [0, 0.1) is 38.0 Å². The first-order valence-corrected chi connectivity index (χ1v) is 15.8. The quantitative estimate of drug-likeness (QED) is 0.201. The van der Waals surface area contributed by atoms with Gasteiger partial charge in [0.2, 0.25) is 0 Å². The average Bonchev–Trinajstić information content (AvgIpc) is 3.76. The highest BCUT2D eigenvalue weighted by atomic mass is 16.5. The van der Waals surface area contributed by atoms with E-state index in [2.05, 4.69) is 27.2 Å². The van der Waals surface area contributed by atoms with Crippen molar-refractivity contribution in [3.05, 3.63) is 78.2 Å². The number of nitrogens with one attached hydrogen (secondary N) is 4. The van der Waals surface area contributed by atoms with E-state index in [1.807, 2.05) is 39.0 Å². The molecule has 0 aromatic carbocycles. The molecule has 11 nitrogen and oxygen atoms in total. The Labute approximate surface area is 271 Å². The maximum Gasteiger partial charge on any atom is 0.338 e. The lowest BCUT2D eigenvalue weighted by atomic mass is 9.77. The number of carbonyl (C=O) groups excluding carboxylic acids is 3. The van der Waals surface area contributed by atoms with Gasteiger partial charge >= 0.3 is 17.9 Å². The van der Waals surface area contributed by atoms with E-state index in [9.17, 15) is 24.3 Å². The Bertz CT molecular complexity index is 2090. The molecule has 3 aromatic heterocycles. The number of carboxylic acids is 1. The molecule has 3 atom stereocenters. The SMILES string of the molecule is CCc1c(C)c2[nH]c1=Cc1[nH]c3c(c1C)C(=O)C(C)(C(=O)OC)C3=C1NC(=Cc3[nH]c(c(C(=O)O)c3C)C=2)C(C)C1CCC(=O)OC. The maximum absolute atomic E-state index is 14.4. The van der Waals surface area contributed by atoms with Crippen LogP contribution in [0.4, 0.5) is 0 Å². The van der Waals surface area contributed by atoms with E-state index in [-0.39, 0.29) is 35.6 Å². The van der Waals surface area contributed by atoms with Gasteiger partial charge in [-0.2, -0.15) is 0 Å². The molecular formula is C36H40N4O7. The van der Waals surface area contributed by atoms with Crippen molar-refractivity contribution in [2.45, 2.75) is 60.8 Å². The monoisotopic (exact) mass is 640 g/mol. The Morgan fingerprint density at radius 3 is 2.23 bits per heavy atom. The van der Waals surface area contributed by atoms with E-state index in [1.165, 1.54) is 14.2 Å². The number of hydrogen-bond donors (Lipinski definition) is 5. The van der Waals surface area contributed by atoms with E-state index in [0.29, 0.717) is 63.6 Å². The van der Waals surface area contributed by atoms with Gasteiger partial charge in [0.25, 0.3) is 0 Å². The molecule has 8 bridgehead atoms. The first-order valence-electron chi connectivity index (χ1n) is 15.8. The first-order chi connectivity index (χ1) is 22.3. The summed E-state index contributed by atoms with van der Waals surface area (Å²) in [5.74, 6) is -2.99. The molecular weight excluding hydrogens is 600 g/mol. The van der Waals surface area contributed by atoms with E-state index in [4.69, 9.17) is 9.47 Å². The number of hydrogen-bond acceptors (Lipinski definition) is 7. The van der Waals surface area contributed by atoms with Crippen molar-refractivity contribution in [3.63, 3.8) is 0 Å². The van der Waals surface area contributed by atoms with E-state index < -0.39 is 17.4 Å². The highest BCUT2D eigenvalue weighted by Crippen LogP contribution is 2.53. The Kier molecular flexibility index (Phi) is 7.69. The van der Waals surface area contributed by atoms with E-state index in [1.54, 1.807) is 13.8 Å². The molecule has 0 saturated carbocycles. The zero-order chi connectivity index (χ0) is 34.1. The average molecular weight is 641 g/mol. The van der Waals surface area contributed by atoms with Crippen LogP contribution < -0.4 is 16.0 Å². The topological polar surface area (TPSA) is 166 Å². The normalized spacial score (nSPS) is 21.2. The molecule has 0 radical (unpaired) electrons. The standard InChI is InChI=1S/C36H40N4O7/c1-9-19-15(2)21-14-26-28(34(43)44)17(4)23(38-26)12-22-16(3)20(10-11-27(41)46-7)31(39-22)30-32-29(33(42)36(30,6)35(45)47-8)18(5)24(40-32)13-25(19)37-21/h12-14,16,20,37-40H,9-11H2,1-8H3,(H,43,44). The third kappa shape index (κ3) is 4.62. The van der Waals surface area contributed by atoms with Crippen molar-refractivity contribution in [2.75, 3.05) is 14.2 Å². The number of aromatic nitrogens is 3. The van der Waals surface area contributed by atoms with Crippen LogP contribution in [0.5, 0.6) is 0 Å². The summed E-state index contributed by atoms with van der Waals surface area (Å²) in [4.78, 5) is 63.2. The molecule has 1 aliphatic carbocycles. The maximum atomic E-state index is 14.4. The Morgan fingerprint density at radius 1 is 0.915 bits per heavy atom. The fraction of sp³-hybridized carbons (Fsp3) is 0.389. The van der Waals surface area contributed by atoms with Gasteiger partial charge in [-0.3, -0.25) is 14.4 Å². The lowest BCUT2D eigenvalue weighted by molar-refractivity contribution is -0.146. The number of Topliss-reactive ketones (excluding diaryl/α,β-unsaturated/α-hetero) is 1. The number of fused-ring (bicyclic) bond motifs is 7. The van der Waals surface area contributed by atoms with Crippen LogP contribution in [0.25, 0.3) is 23.8 Å². The van der Waals surface area contributed by atoms with Crippen molar-refractivity contribution in [1.29, 1.82) is 0 Å². The zero-order valence-corrected chi connectivity index (χ0v) is 27.9. The molecule has 3 unspecified atom stereocenters. The second-order valence-electron chi connectivity index (χ2n) is 12.8. The first kappa shape index (κ1) is 31.9. The van der Waals surface area contributed by atoms with Gasteiger partial charge in [-0.25, -0.2) is 4.79 Å². The number of esters is 2. The minimum absolute atomic E-state index is 0.119. The molecule has 5 N–H and O–H groups in total. The van der Waals surface area contributed by atoms with Crippen molar-refractivity contribution >= 4 is 47.5 Å². The lowest BCUT2D eigenvalue weighted by Gasteiger charge is -2.26. The lowest BCUT2D eigenvalue weighted by Crippen LogP contribution is -2.36. The zero-order valence-electron chi connectivity index (χ0n) is 27.9.